The van der Waals surface area contributed by atoms with Crippen LogP contribution in [0.4, 0.5) is 26.3 Å². The molecule has 55 heavy (non-hydrogen) atoms. The van der Waals surface area contributed by atoms with Crippen LogP contribution in [0.25, 0.3) is 0 Å². The van der Waals surface area contributed by atoms with Crippen molar-refractivity contribution in [1.82, 2.24) is 0 Å². The van der Waals surface area contributed by atoms with Gasteiger partial charge < -0.3 is 26.3 Å². The molecule has 6 N–H and O–H groups in total. The molecule has 1 saturated carbocycles. The van der Waals surface area contributed by atoms with E-state index in [1.165, 1.54) is 40.0 Å². The molecule has 4 aromatic carbocycles. The number of rotatable bonds is 8. The maximum atomic E-state index is 10.7. The number of alkyl halides is 6. The van der Waals surface area contributed by atoms with Crippen molar-refractivity contribution < 1.29 is 71.8 Å². The van der Waals surface area contributed by atoms with Crippen LogP contribution in [0.1, 0.15) is 25.7 Å². The summed E-state index contributed by atoms with van der Waals surface area (Å²) in [5.74, 6) is 0. The van der Waals surface area contributed by atoms with Crippen molar-refractivity contribution in [2.75, 3.05) is 12.3 Å². The van der Waals surface area contributed by atoms with Crippen LogP contribution < -0.4 is 38.4 Å². The molecule has 4 aromatic rings. The fraction of sp³-hybridized carbons (Fsp3) is 0.314. The van der Waals surface area contributed by atoms with Gasteiger partial charge in [0.15, 0.2) is 20.2 Å². The van der Waals surface area contributed by atoms with Crippen LogP contribution >= 0.6 is 15.8 Å². The Labute approximate surface area is 333 Å². The fourth-order valence-electron chi connectivity index (χ4n) is 5.09. The fourth-order valence-corrected chi connectivity index (χ4v) is 10.0. The van der Waals surface area contributed by atoms with E-state index in [9.17, 15) is 26.3 Å². The molecule has 0 aliphatic heterocycles. The summed E-state index contributed by atoms with van der Waals surface area (Å²) >= 11 is 0. The van der Waals surface area contributed by atoms with Crippen molar-refractivity contribution in [1.29, 1.82) is 0 Å². The molecule has 0 radical (unpaired) electrons. The summed E-state index contributed by atoms with van der Waals surface area (Å²) in [5, 5.41) is 5.94. The number of hydrogen-bond acceptors (Lipinski definition) is 9. The molecule has 0 atom stereocenters. The van der Waals surface area contributed by atoms with Gasteiger partial charge in [0, 0.05) is 18.1 Å². The second-order valence-electron chi connectivity index (χ2n) is 11.8. The summed E-state index contributed by atoms with van der Waals surface area (Å²) in [6, 6.07) is 45.0. The second kappa shape index (κ2) is 23.8. The van der Waals surface area contributed by atoms with Crippen LogP contribution in [-0.2, 0) is 39.7 Å². The topological polar surface area (TPSA) is 192 Å². The van der Waals surface area contributed by atoms with Gasteiger partial charge in [0.1, 0.15) is 0 Å². The summed E-state index contributed by atoms with van der Waals surface area (Å²) in [6.45, 7) is 0. The molecule has 20 heteroatoms. The number of benzene rings is 4. The van der Waals surface area contributed by atoms with Crippen molar-refractivity contribution in [2.24, 2.45) is 17.2 Å². The summed E-state index contributed by atoms with van der Waals surface area (Å²) < 4.78 is 118. The molecule has 0 heterocycles. The summed E-state index contributed by atoms with van der Waals surface area (Å²) in [7, 11) is -12.8. The van der Waals surface area contributed by atoms with Crippen LogP contribution in [0.3, 0.4) is 0 Å². The molecule has 0 spiro atoms. The molecule has 0 saturated heterocycles. The van der Waals surface area contributed by atoms with Crippen molar-refractivity contribution in [2.45, 2.75) is 54.8 Å². The van der Waals surface area contributed by atoms with Gasteiger partial charge in [-0.05, 0) is 75.1 Å². The SMILES string of the molecule is NC1CC(N)CC(N)C1.O=S(=O)([O-])C(F)(F)F.O=S(=O)([O-])C(F)(F)F.[Ru+2].c1ccc(P(CCCP(c2ccccc2)c2ccccc2)c2ccccc2)cc1. The Balaban J connectivity index is 0.000000474. The zero-order valence-electron chi connectivity index (χ0n) is 29.0. The number of nitrogens with two attached hydrogens (primary N) is 3. The van der Waals surface area contributed by atoms with Gasteiger partial charge in [-0.1, -0.05) is 121 Å². The number of hydrogen-bond donors (Lipinski definition) is 3. The average Bonchev–Trinajstić information content (AvgIpc) is 3.08. The van der Waals surface area contributed by atoms with Gasteiger partial charge in [-0.15, -0.1) is 0 Å². The van der Waals surface area contributed by atoms with E-state index in [2.05, 4.69) is 121 Å². The monoisotopic (exact) mass is 941 g/mol. The Morgan fingerprint density at radius 3 is 0.836 bits per heavy atom. The smallest absolute Gasteiger partial charge is 0.741 e. The molecule has 9 nitrogen and oxygen atoms in total. The first-order valence-electron chi connectivity index (χ1n) is 16.2. The standard InChI is InChI=1S/C27H26P2.C6H15N3.2CHF3O3S.Ru/c1-5-14-24(15-6-1)28(25-16-7-2-8-17-25)22-13-23-29(26-18-9-3-10-19-26)27-20-11-4-12-21-27;7-4-1-5(8)3-6(9)2-4;2*2-1(3,4)8(5,6)7;/h1-12,14-21H,13,22-23H2;4-6H,1-3,7-9H2;2*(H,5,6,7);/q;;;;+2/p-2. The quantitative estimate of drug-likeness (QED) is 0.0726. The van der Waals surface area contributed by atoms with Crippen molar-refractivity contribution in [3.8, 4) is 0 Å². The summed E-state index contributed by atoms with van der Waals surface area (Å²) in [6.07, 6.45) is 6.53. The first-order chi connectivity index (χ1) is 25.1. The molecule has 304 valence electrons. The summed E-state index contributed by atoms with van der Waals surface area (Å²) in [4.78, 5) is 0. The Hall–Kier alpha value is -2.36. The molecule has 0 aromatic heterocycles. The van der Waals surface area contributed by atoms with Crippen LogP contribution in [0.5, 0.6) is 0 Å². The molecule has 1 aliphatic rings. The van der Waals surface area contributed by atoms with Gasteiger partial charge in [0.2, 0.25) is 0 Å². The third kappa shape index (κ3) is 19.1. The Bertz CT molecular complexity index is 1650. The summed E-state index contributed by atoms with van der Waals surface area (Å²) in [5.41, 5.74) is 5.68. The molecule has 0 unspecified atom stereocenters. The van der Waals surface area contributed by atoms with Crippen molar-refractivity contribution in [3.63, 3.8) is 0 Å². The van der Waals surface area contributed by atoms with Crippen LogP contribution in [0, 0.1) is 0 Å². The minimum absolute atomic E-state index is 0. The van der Waals surface area contributed by atoms with Crippen LogP contribution in [0.2, 0.25) is 0 Å². The predicted molar refractivity (Wildman–Crippen MR) is 202 cm³/mol. The zero-order valence-corrected chi connectivity index (χ0v) is 34.2. The van der Waals surface area contributed by atoms with Gasteiger partial charge in [-0.3, -0.25) is 0 Å². The van der Waals surface area contributed by atoms with E-state index in [0.717, 1.165) is 19.3 Å². The molecule has 1 aliphatic carbocycles. The minimum Gasteiger partial charge on any atom is -0.741 e. The molecule has 1 fully saturated rings. The maximum absolute atomic E-state index is 10.7. The largest absolute Gasteiger partial charge is 2.00 e. The van der Waals surface area contributed by atoms with E-state index in [1.54, 1.807) is 0 Å². The van der Waals surface area contributed by atoms with Gasteiger partial charge in [0.05, 0.1) is 0 Å². The molecule has 0 amide bonds. The van der Waals surface area contributed by atoms with Gasteiger partial charge in [0.25, 0.3) is 0 Å². The van der Waals surface area contributed by atoms with Gasteiger partial charge >= 0.3 is 30.5 Å². The third-order valence-electron chi connectivity index (χ3n) is 7.42. The molecule has 0 bridgehead atoms. The van der Waals surface area contributed by atoms with E-state index < -0.39 is 31.3 Å². The molecular formula is C35H41F6N3O6P2RuS2. The minimum atomic E-state index is -6.09. The van der Waals surface area contributed by atoms with Crippen molar-refractivity contribution >= 4 is 57.3 Å². The normalized spacial score (nSPS) is 17.3. The zero-order chi connectivity index (χ0) is 40.6. The second-order valence-corrected chi connectivity index (χ2v) is 19.2. The van der Waals surface area contributed by atoms with E-state index in [4.69, 9.17) is 43.1 Å². The predicted octanol–water partition coefficient (Wildman–Crippen LogP) is 4.89. The van der Waals surface area contributed by atoms with Crippen molar-refractivity contribution in [3.05, 3.63) is 121 Å². The third-order valence-corrected chi connectivity index (χ3v) is 13.8. The van der Waals surface area contributed by atoms with E-state index >= 15 is 0 Å². The molecular weight excluding hydrogens is 900 g/mol. The van der Waals surface area contributed by atoms with E-state index in [-0.39, 0.29) is 53.4 Å². The molecule has 5 rings (SSSR count). The Kier molecular flexibility index (Phi) is 21.9. The Morgan fingerprint density at radius 1 is 0.491 bits per heavy atom. The Morgan fingerprint density at radius 2 is 0.673 bits per heavy atom. The average molecular weight is 941 g/mol. The van der Waals surface area contributed by atoms with E-state index in [1.807, 2.05) is 0 Å². The van der Waals surface area contributed by atoms with Crippen LogP contribution in [-0.4, -0.2) is 67.4 Å². The number of halogens is 6. The first-order valence-corrected chi connectivity index (χ1v) is 22.0. The van der Waals surface area contributed by atoms with E-state index in [0.29, 0.717) is 0 Å². The van der Waals surface area contributed by atoms with Crippen LogP contribution in [0.15, 0.2) is 121 Å². The van der Waals surface area contributed by atoms with Gasteiger partial charge in [-0.25, -0.2) is 16.8 Å². The first kappa shape index (κ1) is 50.7. The van der Waals surface area contributed by atoms with Gasteiger partial charge in [-0.2, -0.15) is 26.3 Å². The maximum Gasteiger partial charge on any atom is 2.00 e.